The fourth-order valence-electron chi connectivity index (χ4n) is 4.65. The number of halogens is 1. The zero-order valence-electron chi connectivity index (χ0n) is 20.2. The molecule has 1 amide bonds. The molecule has 9 heteroatoms. The summed E-state index contributed by atoms with van der Waals surface area (Å²) in [6.07, 6.45) is 4.08. The first-order valence-electron chi connectivity index (χ1n) is 11.9. The van der Waals surface area contributed by atoms with Gasteiger partial charge in [0.2, 0.25) is 5.91 Å². The van der Waals surface area contributed by atoms with Gasteiger partial charge in [0.15, 0.2) is 5.11 Å². The van der Waals surface area contributed by atoms with Gasteiger partial charge in [0.1, 0.15) is 5.75 Å². The quantitative estimate of drug-likeness (QED) is 0.265. The number of rotatable bonds is 8. The largest absolute Gasteiger partial charge is 0.495 e. The van der Waals surface area contributed by atoms with Crippen LogP contribution in [0.5, 0.6) is 5.75 Å². The predicted molar refractivity (Wildman–Crippen MR) is 152 cm³/mol. The SMILES string of the molecule is COc1ccccc1NC(=O)CCN1C(=S)N[C@H](c2ccccn2)[C@@H]1c1cccn1-c1cccc(Br)c1. The van der Waals surface area contributed by atoms with Gasteiger partial charge in [-0.1, -0.05) is 40.2 Å². The number of hydrogen-bond donors (Lipinski definition) is 2. The maximum absolute atomic E-state index is 12.9. The van der Waals surface area contributed by atoms with Gasteiger partial charge in [-0.25, -0.2) is 0 Å². The number of carbonyl (C=O) groups excluding carboxylic acids is 1. The van der Waals surface area contributed by atoms with E-state index < -0.39 is 0 Å². The Kier molecular flexibility index (Phi) is 7.52. The van der Waals surface area contributed by atoms with Crippen LogP contribution in [-0.4, -0.2) is 39.1 Å². The van der Waals surface area contributed by atoms with Gasteiger partial charge in [0.25, 0.3) is 0 Å². The molecule has 37 heavy (non-hydrogen) atoms. The van der Waals surface area contributed by atoms with Gasteiger partial charge in [-0.05, 0) is 66.8 Å². The molecule has 5 rings (SSSR count). The van der Waals surface area contributed by atoms with Crippen LogP contribution in [0.2, 0.25) is 0 Å². The molecule has 1 aliphatic heterocycles. The Morgan fingerprint density at radius 1 is 1.11 bits per heavy atom. The Morgan fingerprint density at radius 2 is 1.95 bits per heavy atom. The van der Waals surface area contributed by atoms with E-state index in [1.807, 2.05) is 66.9 Å². The summed E-state index contributed by atoms with van der Waals surface area (Å²) in [4.78, 5) is 19.6. The summed E-state index contributed by atoms with van der Waals surface area (Å²) >= 11 is 9.37. The lowest BCUT2D eigenvalue weighted by Crippen LogP contribution is -2.33. The Labute approximate surface area is 229 Å². The molecule has 0 saturated carbocycles. The number of amides is 1. The van der Waals surface area contributed by atoms with Crippen LogP contribution in [0, 0.1) is 0 Å². The van der Waals surface area contributed by atoms with Gasteiger partial charge in [-0.2, -0.15) is 0 Å². The molecule has 2 aromatic heterocycles. The van der Waals surface area contributed by atoms with E-state index in [0.717, 1.165) is 21.5 Å². The van der Waals surface area contributed by atoms with Crippen molar-refractivity contribution in [1.82, 2.24) is 19.8 Å². The van der Waals surface area contributed by atoms with Crippen molar-refractivity contribution in [3.05, 3.63) is 107 Å². The summed E-state index contributed by atoms with van der Waals surface area (Å²) in [5.41, 5.74) is 3.61. The lowest BCUT2D eigenvalue weighted by atomic mass is 10.0. The van der Waals surface area contributed by atoms with Crippen molar-refractivity contribution in [2.75, 3.05) is 19.0 Å². The number of nitrogens with one attached hydrogen (secondary N) is 2. The lowest BCUT2D eigenvalue weighted by molar-refractivity contribution is -0.116. The molecule has 188 valence electrons. The van der Waals surface area contributed by atoms with E-state index in [4.69, 9.17) is 17.0 Å². The zero-order chi connectivity index (χ0) is 25.8. The average molecular weight is 577 g/mol. The molecule has 0 aliphatic carbocycles. The molecule has 4 aromatic rings. The van der Waals surface area contributed by atoms with E-state index in [1.54, 1.807) is 13.3 Å². The van der Waals surface area contributed by atoms with Gasteiger partial charge >= 0.3 is 0 Å². The van der Waals surface area contributed by atoms with Crippen molar-refractivity contribution >= 4 is 44.9 Å². The molecule has 1 fully saturated rings. The highest BCUT2D eigenvalue weighted by molar-refractivity contribution is 9.10. The number of aromatic nitrogens is 2. The highest BCUT2D eigenvalue weighted by Crippen LogP contribution is 2.39. The van der Waals surface area contributed by atoms with Crippen LogP contribution in [0.25, 0.3) is 5.69 Å². The lowest BCUT2D eigenvalue weighted by Gasteiger charge is -2.29. The van der Waals surface area contributed by atoms with Crippen LogP contribution in [0.4, 0.5) is 5.69 Å². The van der Waals surface area contributed by atoms with E-state index in [-0.39, 0.29) is 24.4 Å². The molecule has 0 spiro atoms. The molecule has 0 unspecified atom stereocenters. The number of thiocarbonyl (C=S) groups is 1. The maximum atomic E-state index is 12.9. The van der Waals surface area contributed by atoms with E-state index in [0.29, 0.717) is 23.1 Å². The number of anilines is 1. The Bertz CT molecular complexity index is 1410. The Morgan fingerprint density at radius 3 is 2.73 bits per heavy atom. The molecule has 0 bridgehead atoms. The molecule has 2 atom stereocenters. The van der Waals surface area contributed by atoms with Gasteiger partial charge in [-0.15, -0.1) is 0 Å². The first kappa shape index (κ1) is 25.0. The van der Waals surface area contributed by atoms with E-state index in [2.05, 4.69) is 59.2 Å². The van der Waals surface area contributed by atoms with E-state index in [1.165, 1.54) is 0 Å². The summed E-state index contributed by atoms with van der Waals surface area (Å²) in [5.74, 6) is 0.504. The fraction of sp³-hybridized carbons (Fsp3) is 0.179. The number of hydrogen-bond acceptors (Lipinski definition) is 4. The summed E-state index contributed by atoms with van der Waals surface area (Å²) in [7, 11) is 1.59. The summed E-state index contributed by atoms with van der Waals surface area (Å²) in [5, 5.41) is 7.01. The first-order valence-corrected chi connectivity index (χ1v) is 13.1. The van der Waals surface area contributed by atoms with Gasteiger partial charge < -0.3 is 24.8 Å². The number of para-hydroxylation sites is 2. The second kappa shape index (κ2) is 11.1. The second-order valence-corrected chi connectivity index (χ2v) is 9.90. The smallest absolute Gasteiger partial charge is 0.226 e. The number of methoxy groups -OCH3 is 1. The minimum absolute atomic E-state index is 0.116. The van der Waals surface area contributed by atoms with Crippen LogP contribution in [0.3, 0.4) is 0 Å². The predicted octanol–water partition coefficient (Wildman–Crippen LogP) is 5.64. The summed E-state index contributed by atoms with van der Waals surface area (Å²) in [6.45, 7) is 0.435. The molecule has 1 saturated heterocycles. The van der Waals surface area contributed by atoms with Gasteiger partial charge in [0, 0.05) is 41.2 Å². The number of ether oxygens (including phenoxy) is 1. The molecular formula is C28H26BrN5O2S. The van der Waals surface area contributed by atoms with Crippen molar-refractivity contribution in [1.29, 1.82) is 0 Å². The van der Waals surface area contributed by atoms with Crippen LogP contribution in [0.1, 0.15) is 29.9 Å². The third kappa shape index (κ3) is 5.38. The third-order valence-electron chi connectivity index (χ3n) is 6.33. The fourth-order valence-corrected chi connectivity index (χ4v) is 5.37. The minimum atomic E-state index is -0.174. The average Bonchev–Trinajstić information content (AvgIpc) is 3.52. The summed E-state index contributed by atoms with van der Waals surface area (Å²) < 4.78 is 8.52. The van der Waals surface area contributed by atoms with Crippen LogP contribution in [0.15, 0.2) is 95.7 Å². The Hall–Kier alpha value is -3.69. The van der Waals surface area contributed by atoms with Gasteiger partial charge in [-0.3, -0.25) is 9.78 Å². The number of pyridine rings is 1. The zero-order valence-corrected chi connectivity index (χ0v) is 22.6. The highest BCUT2D eigenvalue weighted by Gasteiger charge is 2.41. The molecular weight excluding hydrogens is 550 g/mol. The topological polar surface area (TPSA) is 71.4 Å². The number of carbonyl (C=O) groups is 1. The molecule has 0 radical (unpaired) electrons. The van der Waals surface area contributed by atoms with Crippen LogP contribution < -0.4 is 15.4 Å². The van der Waals surface area contributed by atoms with Crippen molar-refractivity contribution in [3.8, 4) is 11.4 Å². The minimum Gasteiger partial charge on any atom is -0.495 e. The third-order valence-corrected chi connectivity index (χ3v) is 7.17. The normalized spacial score (nSPS) is 16.9. The van der Waals surface area contributed by atoms with E-state index >= 15 is 0 Å². The molecule has 1 aliphatic rings. The molecule has 3 heterocycles. The number of nitrogens with zero attached hydrogens (tertiary/aromatic N) is 3. The van der Waals surface area contributed by atoms with E-state index in [9.17, 15) is 4.79 Å². The van der Waals surface area contributed by atoms with Crippen molar-refractivity contribution in [2.45, 2.75) is 18.5 Å². The second-order valence-electron chi connectivity index (χ2n) is 8.60. The monoisotopic (exact) mass is 575 g/mol. The molecule has 2 aromatic carbocycles. The molecule has 7 nitrogen and oxygen atoms in total. The van der Waals surface area contributed by atoms with Crippen LogP contribution >= 0.6 is 28.1 Å². The maximum Gasteiger partial charge on any atom is 0.226 e. The number of benzene rings is 2. The Balaban J connectivity index is 1.44. The van der Waals surface area contributed by atoms with Crippen molar-refractivity contribution in [3.63, 3.8) is 0 Å². The van der Waals surface area contributed by atoms with Gasteiger partial charge in [0.05, 0.1) is 30.6 Å². The van der Waals surface area contributed by atoms with Crippen molar-refractivity contribution in [2.24, 2.45) is 0 Å². The molecule has 2 N–H and O–H groups in total. The first-order chi connectivity index (χ1) is 18.0. The standard InChI is InChI=1S/C28H26BrN5O2S/c1-36-24-13-3-2-10-21(24)31-25(35)14-17-34-27(26(32-28(34)37)22-11-4-5-15-30-22)23-12-7-16-33(23)20-9-6-8-19(29)18-20/h2-13,15-16,18,26-27H,14,17H2,1H3,(H,31,35)(H,32,37)/t26-,27+/m1/s1. The highest BCUT2D eigenvalue weighted by atomic mass is 79.9. The van der Waals surface area contributed by atoms with Crippen molar-refractivity contribution < 1.29 is 9.53 Å². The van der Waals surface area contributed by atoms with Crippen LogP contribution in [-0.2, 0) is 4.79 Å². The summed E-state index contributed by atoms with van der Waals surface area (Å²) in [6, 6.07) is 25.2.